The second kappa shape index (κ2) is 6.74. The van der Waals surface area contributed by atoms with Crippen molar-refractivity contribution >= 4 is 5.69 Å². The molecule has 0 aliphatic rings. The highest BCUT2D eigenvalue weighted by molar-refractivity contribution is 5.40. The molecule has 0 atom stereocenters. The van der Waals surface area contributed by atoms with E-state index in [4.69, 9.17) is 11.0 Å². The van der Waals surface area contributed by atoms with Gasteiger partial charge in [-0.2, -0.15) is 5.26 Å². The van der Waals surface area contributed by atoms with Crippen LogP contribution in [0.3, 0.4) is 0 Å². The normalized spacial score (nSPS) is 10.4. The van der Waals surface area contributed by atoms with E-state index in [1.54, 1.807) is 0 Å². The van der Waals surface area contributed by atoms with Crippen LogP contribution < -0.4 is 5.73 Å². The highest BCUT2D eigenvalue weighted by Crippen LogP contribution is 2.13. The smallest absolute Gasteiger partial charge is 0.0991 e. The molecule has 3 nitrogen and oxygen atoms in total. The summed E-state index contributed by atoms with van der Waals surface area (Å²) in [4.78, 5) is 2.34. The summed E-state index contributed by atoms with van der Waals surface area (Å²) in [7, 11) is 0. The van der Waals surface area contributed by atoms with E-state index in [0.29, 0.717) is 5.56 Å². The van der Waals surface area contributed by atoms with Crippen LogP contribution in [0.1, 0.15) is 23.6 Å². The van der Waals surface area contributed by atoms with Crippen molar-refractivity contribution in [3.8, 4) is 6.07 Å². The molecule has 0 saturated heterocycles. The van der Waals surface area contributed by atoms with E-state index in [1.165, 1.54) is 11.1 Å². The molecule has 102 valence electrons. The molecule has 2 aromatic rings. The van der Waals surface area contributed by atoms with Crippen LogP contribution in [-0.2, 0) is 13.1 Å². The van der Waals surface area contributed by atoms with Crippen LogP contribution in [0.15, 0.2) is 48.5 Å². The van der Waals surface area contributed by atoms with Crippen LogP contribution in [0.2, 0.25) is 0 Å². The molecule has 0 spiro atoms. The van der Waals surface area contributed by atoms with Gasteiger partial charge in [0.15, 0.2) is 0 Å². The maximum Gasteiger partial charge on any atom is 0.0991 e. The molecule has 0 heterocycles. The van der Waals surface area contributed by atoms with E-state index in [-0.39, 0.29) is 0 Å². The van der Waals surface area contributed by atoms with Gasteiger partial charge >= 0.3 is 0 Å². The zero-order chi connectivity index (χ0) is 14.4. The molecule has 0 unspecified atom stereocenters. The molecule has 2 aromatic carbocycles. The fraction of sp³-hybridized carbons (Fsp3) is 0.235. The highest BCUT2D eigenvalue weighted by atomic mass is 15.1. The fourth-order valence-electron chi connectivity index (χ4n) is 2.17. The number of rotatable bonds is 5. The Balaban J connectivity index is 2.03. The van der Waals surface area contributed by atoms with E-state index >= 15 is 0 Å². The standard InChI is InChI=1S/C17H19N3/c1-2-20(13-16-4-3-5-17(19)10-16)12-15-8-6-14(11-18)7-9-15/h3-10H,2,12-13,19H2,1H3. The number of nitrogen functional groups attached to an aromatic ring is 1. The van der Waals surface area contributed by atoms with Crippen molar-refractivity contribution in [1.82, 2.24) is 4.90 Å². The van der Waals surface area contributed by atoms with Crippen molar-refractivity contribution in [3.63, 3.8) is 0 Å². The maximum atomic E-state index is 8.81. The molecule has 0 amide bonds. The quantitative estimate of drug-likeness (QED) is 0.845. The molecule has 3 heteroatoms. The van der Waals surface area contributed by atoms with Gasteiger partial charge in [0.05, 0.1) is 11.6 Å². The van der Waals surface area contributed by atoms with Crippen LogP contribution in [-0.4, -0.2) is 11.4 Å². The minimum absolute atomic E-state index is 0.702. The number of nitriles is 1. The summed E-state index contributed by atoms with van der Waals surface area (Å²) in [5.74, 6) is 0. The molecule has 0 radical (unpaired) electrons. The first kappa shape index (κ1) is 14.1. The number of nitrogens with zero attached hydrogens (tertiary/aromatic N) is 2. The average molecular weight is 265 g/mol. The summed E-state index contributed by atoms with van der Waals surface area (Å²) in [6.07, 6.45) is 0. The van der Waals surface area contributed by atoms with Gasteiger partial charge in [-0.25, -0.2) is 0 Å². The summed E-state index contributed by atoms with van der Waals surface area (Å²) >= 11 is 0. The van der Waals surface area contributed by atoms with E-state index in [2.05, 4.69) is 24.0 Å². The van der Waals surface area contributed by atoms with E-state index in [1.807, 2.05) is 42.5 Å². The van der Waals surface area contributed by atoms with Gasteiger partial charge in [-0.15, -0.1) is 0 Å². The van der Waals surface area contributed by atoms with Crippen molar-refractivity contribution in [3.05, 3.63) is 65.2 Å². The second-order valence-corrected chi connectivity index (χ2v) is 4.86. The zero-order valence-corrected chi connectivity index (χ0v) is 11.7. The molecule has 0 saturated carbocycles. The zero-order valence-electron chi connectivity index (χ0n) is 11.7. The van der Waals surface area contributed by atoms with Crippen molar-refractivity contribution in [2.24, 2.45) is 0 Å². The molecule has 20 heavy (non-hydrogen) atoms. The summed E-state index contributed by atoms with van der Waals surface area (Å²) < 4.78 is 0. The SMILES string of the molecule is CCN(Cc1ccc(C#N)cc1)Cc1cccc(N)c1. The second-order valence-electron chi connectivity index (χ2n) is 4.86. The van der Waals surface area contributed by atoms with Crippen molar-refractivity contribution in [2.45, 2.75) is 20.0 Å². The number of hydrogen-bond acceptors (Lipinski definition) is 3. The van der Waals surface area contributed by atoms with E-state index in [0.717, 1.165) is 25.3 Å². The van der Waals surface area contributed by atoms with Crippen LogP contribution in [0.5, 0.6) is 0 Å². The van der Waals surface area contributed by atoms with E-state index < -0.39 is 0 Å². The lowest BCUT2D eigenvalue weighted by molar-refractivity contribution is 0.271. The largest absolute Gasteiger partial charge is 0.399 e. The summed E-state index contributed by atoms with van der Waals surface area (Å²) in [5, 5.41) is 8.81. The first-order valence-corrected chi connectivity index (χ1v) is 6.77. The van der Waals surface area contributed by atoms with Crippen LogP contribution in [0.25, 0.3) is 0 Å². The van der Waals surface area contributed by atoms with Gasteiger partial charge in [-0.3, -0.25) is 4.90 Å². The molecular formula is C17H19N3. The van der Waals surface area contributed by atoms with Gasteiger partial charge in [0, 0.05) is 18.8 Å². The van der Waals surface area contributed by atoms with E-state index in [9.17, 15) is 0 Å². The monoisotopic (exact) mass is 265 g/mol. The molecule has 0 aliphatic heterocycles. The number of benzene rings is 2. The Bertz CT molecular complexity index is 596. The Morgan fingerprint density at radius 1 is 1.05 bits per heavy atom. The molecule has 0 aliphatic carbocycles. The Morgan fingerprint density at radius 3 is 2.35 bits per heavy atom. The van der Waals surface area contributed by atoms with Gasteiger partial charge in [-0.1, -0.05) is 31.2 Å². The number of hydrogen-bond donors (Lipinski definition) is 1. The van der Waals surface area contributed by atoms with Gasteiger partial charge < -0.3 is 5.73 Å². The van der Waals surface area contributed by atoms with Crippen molar-refractivity contribution in [2.75, 3.05) is 12.3 Å². The first-order valence-electron chi connectivity index (χ1n) is 6.77. The topological polar surface area (TPSA) is 53.0 Å². The van der Waals surface area contributed by atoms with Gasteiger partial charge in [0.2, 0.25) is 0 Å². The lowest BCUT2D eigenvalue weighted by atomic mass is 10.1. The maximum absolute atomic E-state index is 8.81. The Kier molecular flexibility index (Phi) is 4.75. The minimum atomic E-state index is 0.702. The minimum Gasteiger partial charge on any atom is -0.399 e. The molecule has 0 bridgehead atoms. The summed E-state index contributed by atoms with van der Waals surface area (Å²) in [6, 6.07) is 17.9. The highest BCUT2D eigenvalue weighted by Gasteiger charge is 2.05. The molecule has 2 N–H and O–H groups in total. The fourth-order valence-corrected chi connectivity index (χ4v) is 2.17. The molecular weight excluding hydrogens is 246 g/mol. The third kappa shape index (κ3) is 3.84. The van der Waals surface area contributed by atoms with Gasteiger partial charge in [-0.05, 0) is 41.9 Å². The Hall–Kier alpha value is -2.31. The summed E-state index contributed by atoms with van der Waals surface area (Å²) in [6.45, 7) is 4.86. The third-order valence-corrected chi connectivity index (χ3v) is 3.29. The summed E-state index contributed by atoms with van der Waals surface area (Å²) in [5.41, 5.74) is 9.76. The number of anilines is 1. The average Bonchev–Trinajstić information content (AvgIpc) is 2.47. The first-order chi connectivity index (χ1) is 9.71. The lowest BCUT2D eigenvalue weighted by Gasteiger charge is -2.20. The van der Waals surface area contributed by atoms with Crippen LogP contribution in [0.4, 0.5) is 5.69 Å². The van der Waals surface area contributed by atoms with Crippen LogP contribution >= 0.6 is 0 Å². The lowest BCUT2D eigenvalue weighted by Crippen LogP contribution is -2.22. The van der Waals surface area contributed by atoms with Crippen molar-refractivity contribution in [1.29, 1.82) is 5.26 Å². The number of nitrogens with two attached hydrogens (primary N) is 1. The third-order valence-electron chi connectivity index (χ3n) is 3.29. The predicted octanol–water partition coefficient (Wildman–Crippen LogP) is 3.16. The Morgan fingerprint density at radius 2 is 1.75 bits per heavy atom. The van der Waals surface area contributed by atoms with Gasteiger partial charge in [0.25, 0.3) is 0 Å². The predicted molar refractivity (Wildman–Crippen MR) is 81.8 cm³/mol. The molecule has 2 rings (SSSR count). The molecule has 0 fully saturated rings. The van der Waals surface area contributed by atoms with Gasteiger partial charge in [0.1, 0.15) is 0 Å². The molecule has 0 aromatic heterocycles. The Labute approximate surface area is 120 Å². The van der Waals surface area contributed by atoms with Crippen LogP contribution in [0, 0.1) is 11.3 Å². The van der Waals surface area contributed by atoms with Crippen molar-refractivity contribution < 1.29 is 0 Å².